The van der Waals surface area contributed by atoms with Gasteiger partial charge in [0.25, 0.3) is 0 Å². The van der Waals surface area contributed by atoms with E-state index in [-0.39, 0.29) is 0 Å². The third kappa shape index (κ3) is 4.23. The lowest BCUT2D eigenvalue weighted by molar-refractivity contribution is 0.568. The molecule has 0 amide bonds. The Hall–Kier alpha value is -0.260. The molecule has 1 atom stereocenters. The first-order chi connectivity index (χ1) is 5.09. The Kier molecular flexibility index (Phi) is 5.27. The average Bonchev–Trinajstić information content (AvgIpc) is 1.98. The lowest BCUT2D eigenvalue weighted by Crippen LogP contribution is -1.97. The van der Waals surface area contributed by atoms with Gasteiger partial charge in [-0.3, -0.25) is 0 Å². The zero-order valence-corrected chi connectivity index (χ0v) is 8.70. The molecule has 11 heavy (non-hydrogen) atoms. The Morgan fingerprint density at radius 3 is 2.09 bits per heavy atom. The molecule has 0 saturated heterocycles. The Morgan fingerprint density at radius 1 is 1.18 bits per heavy atom. The second-order valence-electron chi connectivity index (χ2n) is 3.73. The number of hydrogen-bond acceptors (Lipinski definition) is 0. The third-order valence-electron chi connectivity index (χ3n) is 2.52. The summed E-state index contributed by atoms with van der Waals surface area (Å²) in [4.78, 5) is 0. The Balaban J connectivity index is 3.83. The van der Waals surface area contributed by atoms with Crippen molar-refractivity contribution in [1.82, 2.24) is 0 Å². The highest BCUT2D eigenvalue weighted by Crippen LogP contribution is 2.19. The first kappa shape index (κ1) is 10.7. The van der Waals surface area contributed by atoms with E-state index in [4.69, 9.17) is 0 Å². The summed E-state index contributed by atoms with van der Waals surface area (Å²) in [5, 5.41) is 0. The molecular weight excluding hydrogens is 132 g/mol. The van der Waals surface area contributed by atoms with E-state index >= 15 is 0 Å². The maximum absolute atomic E-state index is 2.33. The first-order valence-corrected chi connectivity index (χ1v) is 4.73. The summed E-state index contributed by atoms with van der Waals surface area (Å²) in [5.74, 6) is 0.792. The molecule has 0 saturated carbocycles. The van der Waals surface area contributed by atoms with Crippen LogP contribution in [0.5, 0.6) is 0 Å². The van der Waals surface area contributed by atoms with Gasteiger partial charge in [0.1, 0.15) is 0 Å². The van der Waals surface area contributed by atoms with Crippen LogP contribution in [0.2, 0.25) is 0 Å². The Bertz CT molecular complexity index is 127. The maximum atomic E-state index is 2.33. The highest BCUT2D eigenvalue weighted by atomic mass is 14.1. The standard InChI is InChI=1S/C11H22/c1-6-7-8-10(4)11(5)9(2)3/h10H,6-8H2,1-5H3. The van der Waals surface area contributed by atoms with Gasteiger partial charge in [-0.15, -0.1) is 0 Å². The van der Waals surface area contributed by atoms with Crippen LogP contribution in [0.15, 0.2) is 11.1 Å². The zero-order valence-electron chi connectivity index (χ0n) is 8.70. The van der Waals surface area contributed by atoms with E-state index in [9.17, 15) is 0 Å². The zero-order chi connectivity index (χ0) is 8.85. The van der Waals surface area contributed by atoms with Crippen molar-refractivity contribution in [3.05, 3.63) is 11.1 Å². The van der Waals surface area contributed by atoms with Gasteiger partial charge in [-0.25, -0.2) is 0 Å². The smallest absolute Gasteiger partial charge is 0.0232 e. The van der Waals surface area contributed by atoms with Crippen molar-refractivity contribution in [2.45, 2.75) is 53.9 Å². The molecule has 0 nitrogen and oxygen atoms in total. The summed E-state index contributed by atoms with van der Waals surface area (Å²) >= 11 is 0. The fraction of sp³-hybridized carbons (Fsp3) is 0.818. The predicted octanol–water partition coefficient (Wildman–Crippen LogP) is 4.17. The van der Waals surface area contributed by atoms with Gasteiger partial charge in [0, 0.05) is 0 Å². The second kappa shape index (κ2) is 5.40. The van der Waals surface area contributed by atoms with Gasteiger partial charge in [-0.1, -0.05) is 37.8 Å². The lowest BCUT2D eigenvalue weighted by atomic mass is 9.94. The minimum Gasteiger partial charge on any atom is -0.0772 e. The SMILES string of the molecule is CCCCC(C)C(C)=C(C)C. The van der Waals surface area contributed by atoms with Crippen molar-refractivity contribution in [2.24, 2.45) is 5.92 Å². The van der Waals surface area contributed by atoms with Crippen LogP contribution in [0.3, 0.4) is 0 Å². The Labute approximate surface area is 71.7 Å². The van der Waals surface area contributed by atoms with Crippen molar-refractivity contribution >= 4 is 0 Å². The highest BCUT2D eigenvalue weighted by molar-refractivity contribution is 5.09. The van der Waals surface area contributed by atoms with Crippen LogP contribution < -0.4 is 0 Å². The summed E-state index contributed by atoms with van der Waals surface area (Å²) in [6, 6.07) is 0. The fourth-order valence-electron chi connectivity index (χ4n) is 1.22. The summed E-state index contributed by atoms with van der Waals surface area (Å²) in [6.45, 7) is 11.3. The van der Waals surface area contributed by atoms with Gasteiger partial charge < -0.3 is 0 Å². The topological polar surface area (TPSA) is 0 Å². The molecule has 0 aliphatic carbocycles. The van der Waals surface area contributed by atoms with Gasteiger partial charge in [-0.05, 0) is 33.1 Å². The number of hydrogen-bond donors (Lipinski definition) is 0. The van der Waals surface area contributed by atoms with Crippen LogP contribution in [-0.4, -0.2) is 0 Å². The van der Waals surface area contributed by atoms with Gasteiger partial charge in [-0.2, -0.15) is 0 Å². The summed E-state index contributed by atoms with van der Waals surface area (Å²) < 4.78 is 0. The van der Waals surface area contributed by atoms with E-state index in [1.807, 2.05) is 0 Å². The van der Waals surface area contributed by atoms with Crippen LogP contribution in [0.25, 0.3) is 0 Å². The summed E-state index contributed by atoms with van der Waals surface area (Å²) in [5.41, 5.74) is 3.08. The number of allylic oxidation sites excluding steroid dienone is 2. The summed E-state index contributed by atoms with van der Waals surface area (Å²) in [7, 11) is 0. The molecule has 0 N–H and O–H groups in total. The lowest BCUT2D eigenvalue weighted by Gasteiger charge is -2.12. The van der Waals surface area contributed by atoms with E-state index in [1.54, 1.807) is 5.57 Å². The van der Waals surface area contributed by atoms with Crippen LogP contribution >= 0.6 is 0 Å². The van der Waals surface area contributed by atoms with E-state index in [0.717, 1.165) is 5.92 Å². The summed E-state index contributed by atoms with van der Waals surface area (Å²) in [6.07, 6.45) is 4.04. The Morgan fingerprint density at radius 2 is 1.73 bits per heavy atom. The molecule has 0 aliphatic heterocycles. The van der Waals surface area contributed by atoms with Gasteiger partial charge in [0.2, 0.25) is 0 Å². The van der Waals surface area contributed by atoms with Crippen molar-refractivity contribution < 1.29 is 0 Å². The molecule has 0 spiro atoms. The molecule has 0 rings (SSSR count). The van der Waals surface area contributed by atoms with Crippen molar-refractivity contribution in [3.63, 3.8) is 0 Å². The normalized spacial score (nSPS) is 12.8. The van der Waals surface area contributed by atoms with E-state index in [0.29, 0.717) is 0 Å². The quantitative estimate of drug-likeness (QED) is 0.533. The average molecular weight is 154 g/mol. The minimum absolute atomic E-state index is 0.792. The maximum Gasteiger partial charge on any atom is -0.0232 e. The van der Waals surface area contributed by atoms with Crippen molar-refractivity contribution in [3.8, 4) is 0 Å². The largest absolute Gasteiger partial charge is 0.0772 e. The molecule has 0 aromatic heterocycles. The minimum atomic E-state index is 0.792. The van der Waals surface area contributed by atoms with Gasteiger partial charge in [0.05, 0.1) is 0 Å². The second-order valence-corrected chi connectivity index (χ2v) is 3.73. The number of unbranched alkanes of at least 4 members (excludes halogenated alkanes) is 1. The molecule has 0 heterocycles. The molecular formula is C11H22. The van der Waals surface area contributed by atoms with Crippen LogP contribution in [0.1, 0.15) is 53.9 Å². The molecule has 0 bridgehead atoms. The third-order valence-corrected chi connectivity index (χ3v) is 2.52. The van der Waals surface area contributed by atoms with Crippen LogP contribution in [0, 0.1) is 5.92 Å². The molecule has 0 radical (unpaired) electrons. The van der Waals surface area contributed by atoms with Crippen LogP contribution in [0.4, 0.5) is 0 Å². The van der Waals surface area contributed by atoms with Gasteiger partial charge in [0.15, 0.2) is 0 Å². The first-order valence-electron chi connectivity index (χ1n) is 4.73. The fourth-order valence-corrected chi connectivity index (χ4v) is 1.22. The molecule has 0 aromatic carbocycles. The van der Waals surface area contributed by atoms with E-state index < -0.39 is 0 Å². The monoisotopic (exact) mass is 154 g/mol. The highest BCUT2D eigenvalue weighted by Gasteiger charge is 2.03. The molecule has 0 fully saturated rings. The van der Waals surface area contributed by atoms with Gasteiger partial charge >= 0.3 is 0 Å². The molecule has 66 valence electrons. The van der Waals surface area contributed by atoms with E-state index in [2.05, 4.69) is 34.6 Å². The molecule has 0 aromatic rings. The molecule has 0 heteroatoms. The van der Waals surface area contributed by atoms with E-state index in [1.165, 1.54) is 24.8 Å². The van der Waals surface area contributed by atoms with Crippen molar-refractivity contribution in [2.75, 3.05) is 0 Å². The van der Waals surface area contributed by atoms with Crippen molar-refractivity contribution in [1.29, 1.82) is 0 Å². The van der Waals surface area contributed by atoms with Crippen LogP contribution in [-0.2, 0) is 0 Å². The predicted molar refractivity (Wildman–Crippen MR) is 52.7 cm³/mol. The molecule has 0 aliphatic rings. The molecule has 1 unspecified atom stereocenters. The number of rotatable bonds is 4.